The van der Waals surface area contributed by atoms with Crippen LogP contribution in [0.1, 0.15) is 72.3 Å². The van der Waals surface area contributed by atoms with E-state index in [1.165, 1.54) is 6.20 Å². The van der Waals surface area contributed by atoms with Crippen LogP contribution in [-0.4, -0.2) is 26.7 Å². The summed E-state index contributed by atoms with van der Waals surface area (Å²) < 4.78 is 86.8. The lowest BCUT2D eigenvalue weighted by molar-refractivity contribution is -0.116. The minimum absolute atomic E-state index is 0.0288. The molecule has 238 valence electrons. The van der Waals surface area contributed by atoms with Gasteiger partial charge >= 0.3 is 6.03 Å². The van der Waals surface area contributed by atoms with E-state index < -0.39 is 59.3 Å². The number of amides is 2. The zero-order valence-corrected chi connectivity index (χ0v) is 24.1. The maximum Gasteiger partial charge on any atom is 0.343 e. The van der Waals surface area contributed by atoms with Gasteiger partial charge in [0.1, 0.15) is 23.0 Å². The van der Waals surface area contributed by atoms with Crippen LogP contribution in [0.2, 0.25) is 0 Å². The number of rotatable bonds is 9. The number of fused-ring (bicyclic) bond motifs is 3. The highest BCUT2D eigenvalue weighted by atomic mass is 19.3. The predicted octanol–water partition coefficient (Wildman–Crippen LogP) is 7.65. The first kappa shape index (κ1) is 30.0. The number of nitrogens with zero attached hydrogens (tertiary/aromatic N) is 3. The van der Waals surface area contributed by atoms with E-state index >= 15 is 0 Å². The van der Waals surface area contributed by atoms with Gasteiger partial charge in [-0.05, 0) is 79.0 Å². The highest BCUT2D eigenvalue weighted by molar-refractivity contribution is 5.91. The van der Waals surface area contributed by atoms with E-state index in [1.807, 2.05) is 0 Å². The van der Waals surface area contributed by atoms with Gasteiger partial charge < -0.3 is 10.6 Å². The molecule has 2 heterocycles. The number of nitrogens with one attached hydrogen (secondary N) is 2. The molecule has 2 amide bonds. The zero-order valence-electron chi connectivity index (χ0n) is 24.1. The Morgan fingerprint density at radius 1 is 1.02 bits per heavy atom. The lowest BCUT2D eigenvalue weighted by Gasteiger charge is -2.22. The third-order valence-electron chi connectivity index (χ3n) is 8.78. The van der Waals surface area contributed by atoms with Crippen molar-refractivity contribution < 1.29 is 35.9 Å². The number of pyridine rings is 1. The first-order valence-electron chi connectivity index (χ1n) is 14.9. The second-order valence-electron chi connectivity index (χ2n) is 12.1. The molecule has 0 spiro atoms. The molecule has 3 aliphatic rings. The average Bonchev–Trinajstić information content (AvgIpc) is 3.93. The fourth-order valence-corrected chi connectivity index (χ4v) is 6.37. The molecule has 2 unspecified atom stereocenters. The van der Waals surface area contributed by atoms with Crippen molar-refractivity contribution in [3.63, 3.8) is 0 Å². The molecule has 2 fully saturated rings. The summed E-state index contributed by atoms with van der Waals surface area (Å²) in [5.74, 6) is -6.76. The molecule has 4 aromatic rings. The van der Waals surface area contributed by atoms with E-state index in [2.05, 4.69) is 20.7 Å². The van der Waals surface area contributed by atoms with Crippen LogP contribution >= 0.6 is 0 Å². The van der Waals surface area contributed by atoms with E-state index in [0.29, 0.717) is 35.2 Å². The summed E-state index contributed by atoms with van der Waals surface area (Å²) in [5.41, 5.74) is -0.00944. The highest BCUT2D eigenvalue weighted by Crippen LogP contribution is 2.67. The Morgan fingerprint density at radius 2 is 1.74 bits per heavy atom. The lowest BCUT2D eigenvalue weighted by Crippen LogP contribution is -2.36. The predicted molar refractivity (Wildman–Crippen MR) is 154 cm³/mol. The standard InChI is InChI=1S/C33H27F6N5O2/c34-19-10-17(11-20(35)14-19)12-25(42-32(46)44-29(31(36)37)27-23-15-24(23)33(38,39)30(27)43-44)28-22(2-1-9-40-28)18-5-7-21(8-6-18)41-26(45)13-16-3-4-16/h1-2,5-11,14,16,23-25,31H,3-4,12-13,15H2,(H,41,45)(H,42,46)/t23?,24?,25-/m0/s1. The van der Waals surface area contributed by atoms with Gasteiger partial charge in [-0.2, -0.15) is 18.6 Å². The van der Waals surface area contributed by atoms with Crippen LogP contribution in [0.15, 0.2) is 60.8 Å². The number of aromatic nitrogens is 3. The first-order valence-corrected chi connectivity index (χ1v) is 14.9. The van der Waals surface area contributed by atoms with Crippen molar-refractivity contribution in [3.8, 4) is 11.1 Å². The molecular weight excluding hydrogens is 612 g/mol. The van der Waals surface area contributed by atoms with Gasteiger partial charge in [0, 0.05) is 41.4 Å². The molecule has 13 heteroatoms. The minimum atomic E-state index is -3.44. The lowest BCUT2D eigenvalue weighted by atomic mass is 9.95. The smallest absolute Gasteiger partial charge is 0.327 e. The quantitative estimate of drug-likeness (QED) is 0.184. The third-order valence-corrected chi connectivity index (χ3v) is 8.78. The van der Waals surface area contributed by atoms with Crippen molar-refractivity contribution in [3.05, 3.63) is 101 Å². The molecule has 7 rings (SSSR count). The number of halogens is 6. The fourth-order valence-electron chi connectivity index (χ4n) is 6.37. The monoisotopic (exact) mass is 639 g/mol. The Labute approximate surface area is 259 Å². The fraction of sp³-hybridized carbons (Fsp3) is 0.333. The van der Waals surface area contributed by atoms with Gasteiger partial charge in [0.25, 0.3) is 12.3 Å². The number of benzene rings is 2. The summed E-state index contributed by atoms with van der Waals surface area (Å²) >= 11 is 0. The van der Waals surface area contributed by atoms with Crippen LogP contribution in [0.3, 0.4) is 0 Å². The number of anilines is 1. The molecule has 2 aromatic carbocycles. The number of carbonyl (C=O) groups is 2. The molecule has 3 aliphatic carbocycles. The van der Waals surface area contributed by atoms with Crippen LogP contribution in [-0.2, 0) is 17.1 Å². The van der Waals surface area contributed by atoms with E-state index in [4.69, 9.17) is 0 Å². The zero-order chi connectivity index (χ0) is 32.3. The van der Waals surface area contributed by atoms with Crippen molar-refractivity contribution in [1.82, 2.24) is 20.1 Å². The Kier molecular flexibility index (Phi) is 7.36. The second kappa shape index (κ2) is 11.3. The van der Waals surface area contributed by atoms with Gasteiger partial charge in [-0.1, -0.05) is 18.2 Å². The van der Waals surface area contributed by atoms with Crippen molar-refractivity contribution in [2.75, 3.05) is 5.32 Å². The molecule has 2 saturated carbocycles. The summed E-state index contributed by atoms with van der Waals surface area (Å²) in [6, 6.07) is 10.6. The summed E-state index contributed by atoms with van der Waals surface area (Å²) in [4.78, 5) is 30.3. The Balaban J connectivity index is 1.23. The molecule has 0 aliphatic heterocycles. The normalized spacial score (nSPS) is 19.8. The summed E-state index contributed by atoms with van der Waals surface area (Å²) in [5, 5.41) is 9.08. The van der Waals surface area contributed by atoms with E-state index in [0.717, 1.165) is 25.0 Å². The molecule has 3 atom stereocenters. The third kappa shape index (κ3) is 5.62. The van der Waals surface area contributed by atoms with Crippen LogP contribution < -0.4 is 10.6 Å². The van der Waals surface area contributed by atoms with E-state index in [1.54, 1.807) is 36.4 Å². The van der Waals surface area contributed by atoms with Crippen molar-refractivity contribution in [2.45, 2.75) is 56.4 Å². The van der Waals surface area contributed by atoms with E-state index in [-0.39, 0.29) is 40.3 Å². The van der Waals surface area contributed by atoms with Crippen LogP contribution in [0.25, 0.3) is 11.1 Å². The summed E-state index contributed by atoms with van der Waals surface area (Å²) in [6.45, 7) is 0. The van der Waals surface area contributed by atoms with Gasteiger partial charge in [0.2, 0.25) is 5.91 Å². The Morgan fingerprint density at radius 3 is 2.41 bits per heavy atom. The number of hydrogen-bond donors (Lipinski definition) is 2. The van der Waals surface area contributed by atoms with Gasteiger partial charge in [-0.15, -0.1) is 0 Å². The topological polar surface area (TPSA) is 88.9 Å². The Hall–Kier alpha value is -4.68. The summed E-state index contributed by atoms with van der Waals surface area (Å²) in [6.07, 6.45) is 0.485. The maximum atomic E-state index is 14.8. The number of hydrogen-bond acceptors (Lipinski definition) is 4. The Bertz CT molecular complexity index is 1820. The number of alkyl halides is 4. The first-order chi connectivity index (χ1) is 22.0. The molecule has 46 heavy (non-hydrogen) atoms. The molecule has 7 nitrogen and oxygen atoms in total. The molecule has 0 bridgehead atoms. The van der Waals surface area contributed by atoms with Gasteiger partial charge in [-0.3, -0.25) is 9.78 Å². The van der Waals surface area contributed by atoms with Crippen molar-refractivity contribution >= 4 is 17.6 Å². The average molecular weight is 640 g/mol. The van der Waals surface area contributed by atoms with Crippen molar-refractivity contribution in [2.24, 2.45) is 11.8 Å². The van der Waals surface area contributed by atoms with Gasteiger partial charge in [-0.25, -0.2) is 22.4 Å². The number of carbonyl (C=O) groups excluding carboxylic acids is 2. The van der Waals surface area contributed by atoms with Gasteiger partial charge in [0.05, 0.1) is 11.7 Å². The van der Waals surface area contributed by atoms with Crippen molar-refractivity contribution in [1.29, 1.82) is 0 Å². The van der Waals surface area contributed by atoms with Crippen LogP contribution in [0.5, 0.6) is 0 Å². The molecule has 0 saturated heterocycles. The van der Waals surface area contributed by atoms with Crippen LogP contribution in [0, 0.1) is 23.5 Å². The SMILES string of the molecule is O=C(CC1CC1)Nc1ccc(-c2cccnc2[C@H](Cc2cc(F)cc(F)c2)NC(=O)n2nc3c(c2C(F)F)C2CC2C3(F)F)cc1. The van der Waals surface area contributed by atoms with Gasteiger partial charge in [0.15, 0.2) is 0 Å². The van der Waals surface area contributed by atoms with Crippen LogP contribution in [0.4, 0.5) is 36.8 Å². The molecule has 2 aromatic heterocycles. The minimum Gasteiger partial charge on any atom is -0.327 e. The largest absolute Gasteiger partial charge is 0.343 e. The van der Waals surface area contributed by atoms with E-state index in [9.17, 15) is 35.9 Å². The molecule has 2 N–H and O–H groups in total. The highest BCUT2D eigenvalue weighted by Gasteiger charge is 2.67. The molecule has 0 radical (unpaired) electrons. The molecular formula is C33H27F6N5O2. The summed E-state index contributed by atoms with van der Waals surface area (Å²) in [7, 11) is 0. The second-order valence-corrected chi connectivity index (χ2v) is 12.1. The maximum absolute atomic E-state index is 14.8.